The molecule has 0 spiro atoms. The van der Waals surface area contributed by atoms with Crippen LogP contribution < -0.4 is 4.90 Å². The summed E-state index contributed by atoms with van der Waals surface area (Å²) >= 11 is 0. The predicted molar refractivity (Wildman–Crippen MR) is 118 cm³/mol. The van der Waals surface area contributed by atoms with E-state index in [4.69, 9.17) is 9.84 Å². The van der Waals surface area contributed by atoms with Crippen molar-refractivity contribution in [2.45, 2.75) is 13.5 Å². The molecule has 32 heavy (non-hydrogen) atoms. The second-order valence-electron chi connectivity index (χ2n) is 9.08. The van der Waals surface area contributed by atoms with Crippen LogP contribution in [-0.4, -0.2) is 89.2 Å². The van der Waals surface area contributed by atoms with Crippen molar-refractivity contribution in [3.05, 3.63) is 47.3 Å². The number of aryl methyl sites for hydroxylation is 1. The van der Waals surface area contributed by atoms with Crippen LogP contribution in [-0.2, 0) is 11.3 Å². The molecule has 1 aromatic heterocycles. The topological polar surface area (TPSA) is 91.1 Å². The van der Waals surface area contributed by atoms with Gasteiger partial charge in [-0.1, -0.05) is 12.1 Å². The van der Waals surface area contributed by atoms with Crippen LogP contribution in [0.15, 0.2) is 30.5 Å². The third-order valence-electron chi connectivity index (χ3n) is 6.91. The molecule has 1 aromatic carbocycles. The third kappa shape index (κ3) is 4.10. The number of carbonyl (C=O) groups is 2. The van der Waals surface area contributed by atoms with E-state index in [1.54, 1.807) is 4.90 Å². The minimum atomic E-state index is -1.13. The van der Waals surface area contributed by atoms with Crippen molar-refractivity contribution in [2.24, 2.45) is 11.8 Å². The summed E-state index contributed by atoms with van der Waals surface area (Å²) in [5.41, 5.74) is 3.81. The lowest BCUT2D eigenvalue weighted by molar-refractivity contribution is 0.0689. The van der Waals surface area contributed by atoms with Gasteiger partial charge in [0, 0.05) is 69.5 Å². The molecule has 5 rings (SSSR count). The number of aromatic carboxylic acids is 1. The molecule has 1 amide bonds. The number of fused-ring (bicyclic) bond motifs is 1. The van der Waals surface area contributed by atoms with Crippen molar-refractivity contribution >= 4 is 17.7 Å². The molecule has 0 aliphatic carbocycles. The third-order valence-corrected chi connectivity index (χ3v) is 6.91. The van der Waals surface area contributed by atoms with Gasteiger partial charge in [0.15, 0.2) is 5.69 Å². The summed E-state index contributed by atoms with van der Waals surface area (Å²) in [5, 5.41) is 12.8. The summed E-state index contributed by atoms with van der Waals surface area (Å²) in [6, 6.07) is 7.80. The molecule has 1 N–H and O–H groups in total. The monoisotopic (exact) mass is 439 g/mol. The molecule has 3 fully saturated rings. The number of amides is 1. The highest BCUT2D eigenvalue weighted by Gasteiger charge is 2.37. The Labute approximate surface area is 187 Å². The molecule has 2 unspecified atom stereocenters. The molecule has 170 valence electrons. The highest BCUT2D eigenvalue weighted by molar-refractivity contribution is 5.86. The molecule has 9 heteroatoms. The summed E-state index contributed by atoms with van der Waals surface area (Å²) in [5.74, 6) is 0.180. The van der Waals surface area contributed by atoms with Gasteiger partial charge < -0.3 is 19.6 Å². The van der Waals surface area contributed by atoms with Crippen molar-refractivity contribution in [3.63, 3.8) is 0 Å². The van der Waals surface area contributed by atoms with E-state index >= 15 is 0 Å². The molecular formula is C23H29N5O4. The van der Waals surface area contributed by atoms with Crippen LogP contribution >= 0.6 is 0 Å². The van der Waals surface area contributed by atoms with Crippen LogP contribution in [0.4, 0.5) is 10.5 Å². The van der Waals surface area contributed by atoms with Crippen LogP contribution in [0.2, 0.25) is 0 Å². The standard InChI is InChI=1S/C23H29N5O4/c1-16-2-3-17(10-21(16)27-12-18-14-32-15-19(18)13-27)11-25-6-8-26(9-7-25)23(31)28-5-4-20(24-28)22(29)30/h2-5,10,18-19H,6-9,11-15H2,1H3,(H,29,30). The zero-order valence-electron chi connectivity index (χ0n) is 18.3. The number of anilines is 1. The number of nitrogens with zero attached hydrogens (tertiary/aromatic N) is 5. The van der Waals surface area contributed by atoms with Gasteiger partial charge in [-0.25, -0.2) is 9.59 Å². The number of carboxylic acids is 1. The van der Waals surface area contributed by atoms with Crippen LogP contribution in [0.3, 0.4) is 0 Å². The second kappa shape index (κ2) is 8.55. The first kappa shape index (κ1) is 21.0. The van der Waals surface area contributed by atoms with E-state index in [0.29, 0.717) is 24.9 Å². The molecular weight excluding hydrogens is 410 g/mol. The van der Waals surface area contributed by atoms with E-state index in [1.165, 1.54) is 29.1 Å². The number of piperazine rings is 1. The van der Waals surface area contributed by atoms with Gasteiger partial charge >= 0.3 is 12.0 Å². The van der Waals surface area contributed by atoms with Gasteiger partial charge in [-0.3, -0.25) is 4.90 Å². The number of benzene rings is 1. The molecule has 9 nitrogen and oxygen atoms in total. The van der Waals surface area contributed by atoms with E-state index in [9.17, 15) is 9.59 Å². The van der Waals surface area contributed by atoms with Gasteiger partial charge in [0.2, 0.25) is 0 Å². The normalized spacial score (nSPS) is 23.5. The first-order chi connectivity index (χ1) is 15.5. The van der Waals surface area contributed by atoms with Gasteiger partial charge in [-0.15, -0.1) is 0 Å². The van der Waals surface area contributed by atoms with Gasteiger partial charge in [-0.2, -0.15) is 9.78 Å². The lowest BCUT2D eigenvalue weighted by atomic mass is 10.0. The Morgan fingerprint density at radius 1 is 1.09 bits per heavy atom. The zero-order valence-corrected chi connectivity index (χ0v) is 18.3. The minimum Gasteiger partial charge on any atom is -0.476 e. The van der Waals surface area contributed by atoms with Crippen molar-refractivity contribution < 1.29 is 19.4 Å². The van der Waals surface area contributed by atoms with Crippen molar-refractivity contribution in [2.75, 3.05) is 57.4 Å². The molecule has 2 aromatic rings. The zero-order chi connectivity index (χ0) is 22.2. The summed E-state index contributed by atoms with van der Waals surface area (Å²) < 4.78 is 6.74. The van der Waals surface area contributed by atoms with E-state index in [1.807, 2.05) is 0 Å². The van der Waals surface area contributed by atoms with Gasteiger partial charge in [0.1, 0.15) is 0 Å². The van der Waals surface area contributed by atoms with Gasteiger partial charge in [0.25, 0.3) is 0 Å². The molecule has 2 atom stereocenters. The second-order valence-corrected chi connectivity index (χ2v) is 9.08. The molecule has 0 bridgehead atoms. The molecule has 3 aliphatic rings. The fourth-order valence-electron chi connectivity index (χ4n) is 5.02. The summed E-state index contributed by atoms with van der Waals surface area (Å²) in [7, 11) is 0. The number of rotatable bonds is 4. The Morgan fingerprint density at radius 2 is 1.81 bits per heavy atom. The Hall–Kier alpha value is -2.91. The van der Waals surface area contributed by atoms with Crippen molar-refractivity contribution in [1.82, 2.24) is 19.6 Å². The smallest absolute Gasteiger partial charge is 0.356 e. The highest BCUT2D eigenvalue weighted by Crippen LogP contribution is 2.34. The summed E-state index contributed by atoms with van der Waals surface area (Å²) in [6.45, 7) is 9.69. The van der Waals surface area contributed by atoms with E-state index in [0.717, 1.165) is 50.6 Å². The number of hydrogen-bond acceptors (Lipinski definition) is 6. The van der Waals surface area contributed by atoms with Crippen LogP contribution in [0.5, 0.6) is 0 Å². The predicted octanol–water partition coefficient (Wildman–Crippen LogP) is 1.76. The maximum Gasteiger partial charge on any atom is 0.356 e. The van der Waals surface area contributed by atoms with Gasteiger partial charge in [0.05, 0.1) is 13.2 Å². The van der Waals surface area contributed by atoms with Crippen LogP contribution in [0.25, 0.3) is 0 Å². The lowest BCUT2D eigenvalue weighted by Gasteiger charge is -2.34. The molecule has 3 aliphatic heterocycles. The first-order valence-corrected chi connectivity index (χ1v) is 11.2. The average Bonchev–Trinajstić information content (AvgIpc) is 3.51. The highest BCUT2D eigenvalue weighted by atomic mass is 16.5. The molecule has 3 saturated heterocycles. The fraction of sp³-hybridized carbons (Fsp3) is 0.522. The summed E-state index contributed by atoms with van der Waals surface area (Å²) in [6.07, 6.45) is 1.41. The maximum absolute atomic E-state index is 12.6. The van der Waals surface area contributed by atoms with E-state index in [2.05, 4.69) is 40.0 Å². The number of hydrogen-bond donors (Lipinski definition) is 1. The molecule has 4 heterocycles. The van der Waals surface area contributed by atoms with Gasteiger partial charge in [-0.05, 0) is 30.2 Å². The molecule has 0 saturated carbocycles. The average molecular weight is 440 g/mol. The minimum absolute atomic E-state index is 0.124. The lowest BCUT2D eigenvalue weighted by Crippen LogP contribution is -2.49. The largest absolute Gasteiger partial charge is 0.476 e. The Balaban J connectivity index is 1.18. The number of aromatic nitrogens is 2. The molecule has 0 radical (unpaired) electrons. The van der Waals surface area contributed by atoms with E-state index in [-0.39, 0.29) is 11.7 Å². The number of carbonyl (C=O) groups excluding carboxylic acids is 1. The van der Waals surface area contributed by atoms with Crippen molar-refractivity contribution in [1.29, 1.82) is 0 Å². The van der Waals surface area contributed by atoms with Crippen molar-refractivity contribution in [3.8, 4) is 0 Å². The number of ether oxygens (including phenoxy) is 1. The fourth-order valence-corrected chi connectivity index (χ4v) is 5.02. The Morgan fingerprint density at radius 3 is 2.47 bits per heavy atom. The first-order valence-electron chi connectivity index (χ1n) is 11.2. The Kier molecular flexibility index (Phi) is 5.60. The van der Waals surface area contributed by atoms with Crippen LogP contribution in [0.1, 0.15) is 21.6 Å². The Bertz CT molecular complexity index is 1000. The summed E-state index contributed by atoms with van der Waals surface area (Å²) in [4.78, 5) is 30.2. The van der Waals surface area contributed by atoms with E-state index < -0.39 is 5.97 Å². The number of carboxylic acid groups (broad SMARTS) is 1. The van der Waals surface area contributed by atoms with Crippen LogP contribution in [0, 0.1) is 18.8 Å². The SMILES string of the molecule is Cc1ccc(CN2CCN(C(=O)n3ccc(C(=O)O)n3)CC2)cc1N1CC2COCC2C1. The maximum atomic E-state index is 12.6. The quantitative estimate of drug-likeness (QED) is 0.776.